The van der Waals surface area contributed by atoms with Gasteiger partial charge in [0.1, 0.15) is 13.2 Å². The van der Waals surface area contributed by atoms with E-state index in [0.29, 0.717) is 12.8 Å². The van der Waals surface area contributed by atoms with Crippen LogP contribution in [0.3, 0.4) is 0 Å². The molecule has 0 saturated heterocycles. The maximum atomic E-state index is 12.9. The van der Waals surface area contributed by atoms with Gasteiger partial charge in [-0.2, -0.15) is 0 Å². The van der Waals surface area contributed by atoms with E-state index in [1.54, 1.807) is 0 Å². The normalized spacial score (nSPS) is 13.0. The lowest BCUT2D eigenvalue weighted by Gasteiger charge is -2.18. The van der Waals surface area contributed by atoms with Gasteiger partial charge in [-0.15, -0.1) is 0 Å². The van der Waals surface area contributed by atoms with Crippen molar-refractivity contribution >= 4 is 17.9 Å². The van der Waals surface area contributed by atoms with Crippen molar-refractivity contribution in [3.63, 3.8) is 0 Å². The van der Waals surface area contributed by atoms with Gasteiger partial charge in [0.05, 0.1) is 0 Å². The maximum Gasteiger partial charge on any atom is 0.306 e. The van der Waals surface area contributed by atoms with Gasteiger partial charge in [-0.25, -0.2) is 0 Å². The summed E-state index contributed by atoms with van der Waals surface area (Å²) < 4.78 is 16.9. The molecule has 0 aromatic heterocycles. The Hall–Kier alpha value is -4.45. The molecule has 0 aliphatic heterocycles. The van der Waals surface area contributed by atoms with Crippen molar-refractivity contribution in [1.29, 1.82) is 0 Å². The van der Waals surface area contributed by atoms with E-state index in [2.05, 4.69) is 154 Å². The van der Waals surface area contributed by atoms with Gasteiger partial charge in [0, 0.05) is 19.3 Å². The molecule has 460 valence electrons. The fourth-order valence-corrected chi connectivity index (χ4v) is 9.18. The fraction of sp³-hybridized carbons (Fsp3) is 0.667. The summed E-state index contributed by atoms with van der Waals surface area (Å²) in [4.78, 5) is 38.4. The number of hydrogen-bond donors (Lipinski definition) is 0. The number of hydrogen-bond acceptors (Lipinski definition) is 6. The first-order valence-corrected chi connectivity index (χ1v) is 33.7. The third-order valence-electron chi connectivity index (χ3n) is 14.2. The van der Waals surface area contributed by atoms with E-state index < -0.39 is 6.10 Å². The molecule has 0 bridgehead atoms. The minimum absolute atomic E-state index is 0.0931. The van der Waals surface area contributed by atoms with Crippen LogP contribution < -0.4 is 0 Å². The molecule has 6 heteroatoms. The maximum absolute atomic E-state index is 12.9. The van der Waals surface area contributed by atoms with Crippen molar-refractivity contribution in [2.75, 3.05) is 13.2 Å². The molecule has 0 saturated carbocycles. The van der Waals surface area contributed by atoms with Crippen molar-refractivity contribution < 1.29 is 28.6 Å². The Morgan fingerprint density at radius 1 is 0.259 bits per heavy atom. The van der Waals surface area contributed by atoms with Crippen molar-refractivity contribution in [2.45, 2.75) is 309 Å². The second-order valence-electron chi connectivity index (χ2n) is 22.0. The predicted molar refractivity (Wildman–Crippen MR) is 353 cm³/mol. The van der Waals surface area contributed by atoms with Crippen molar-refractivity contribution in [3.8, 4) is 0 Å². The van der Waals surface area contributed by atoms with E-state index in [1.807, 2.05) is 0 Å². The summed E-state index contributed by atoms with van der Waals surface area (Å²) in [6.45, 7) is 6.40. The summed E-state index contributed by atoms with van der Waals surface area (Å²) in [5.41, 5.74) is 0. The summed E-state index contributed by atoms with van der Waals surface area (Å²) in [5, 5.41) is 0. The standard InChI is InChI=1S/C75H124O6/c1-4-7-10-13-16-19-22-25-28-30-32-33-34-35-36-37-38-39-40-41-43-44-47-50-53-56-59-62-65-68-74(77)80-71-72(70-79-73(76)67-64-61-58-55-52-49-46-27-24-21-18-15-12-9-6-3)81-75(78)69-66-63-60-57-54-51-48-45-42-31-29-26-23-20-17-14-11-8-5-2/h7-8,10-11,16-17,19-20,25-26,28-29,32-33,35-36,38-39,42,45,51,54,72H,4-6,9,12-15,18,21-24,27,30-31,34,37,40-41,43-44,46-50,52-53,55-71H2,1-3H3/b10-7-,11-8-,19-16-,20-17-,28-25-,29-26-,33-32-,36-35-,39-38-,45-42-,54-51-. The van der Waals surface area contributed by atoms with Crippen LogP contribution in [0.2, 0.25) is 0 Å². The molecule has 1 atom stereocenters. The molecule has 0 heterocycles. The molecule has 0 aromatic carbocycles. The van der Waals surface area contributed by atoms with Crippen molar-refractivity contribution in [3.05, 3.63) is 134 Å². The highest BCUT2D eigenvalue weighted by Crippen LogP contribution is 2.16. The molecule has 0 amide bonds. The van der Waals surface area contributed by atoms with Crippen molar-refractivity contribution in [1.82, 2.24) is 0 Å². The molecular weight excluding hydrogens is 997 g/mol. The van der Waals surface area contributed by atoms with Crippen LogP contribution >= 0.6 is 0 Å². The third-order valence-corrected chi connectivity index (χ3v) is 14.2. The quantitative estimate of drug-likeness (QED) is 0.0261. The summed E-state index contributed by atoms with van der Waals surface area (Å²) >= 11 is 0. The summed E-state index contributed by atoms with van der Waals surface area (Å²) in [7, 11) is 0. The van der Waals surface area contributed by atoms with Crippen LogP contribution in [0.4, 0.5) is 0 Å². The number of unbranched alkanes of at least 4 members (excludes halogenated alkanes) is 27. The van der Waals surface area contributed by atoms with Crippen LogP contribution in [-0.4, -0.2) is 37.2 Å². The van der Waals surface area contributed by atoms with Gasteiger partial charge < -0.3 is 14.2 Å². The zero-order valence-electron chi connectivity index (χ0n) is 52.8. The first kappa shape index (κ1) is 76.5. The number of ether oxygens (including phenoxy) is 3. The van der Waals surface area contributed by atoms with Crippen molar-refractivity contribution in [2.24, 2.45) is 0 Å². The monoisotopic (exact) mass is 1120 g/mol. The zero-order valence-corrected chi connectivity index (χ0v) is 52.8. The van der Waals surface area contributed by atoms with Crippen LogP contribution in [0.25, 0.3) is 0 Å². The van der Waals surface area contributed by atoms with Gasteiger partial charge in [0.15, 0.2) is 6.10 Å². The SMILES string of the molecule is CC/C=C\C/C=C\C/C=C\C/C=C\C/C=C\C/C=C\CCCCCCCCCCCCC(=O)OCC(COC(=O)CCCCCCCCCCCCCCCCC)OC(=O)CCCCC/C=C\C/C=C\C/C=C\C/C=C\C/C=C\CC. The topological polar surface area (TPSA) is 78.9 Å². The van der Waals surface area contributed by atoms with Gasteiger partial charge in [-0.3, -0.25) is 14.4 Å². The molecule has 0 N–H and O–H groups in total. The second kappa shape index (κ2) is 68.1. The lowest BCUT2D eigenvalue weighted by Crippen LogP contribution is -2.30. The fourth-order valence-electron chi connectivity index (χ4n) is 9.18. The molecule has 0 rings (SSSR count). The van der Waals surface area contributed by atoms with Gasteiger partial charge in [-0.1, -0.05) is 302 Å². The average Bonchev–Trinajstić information content (AvgIpc) is 3.47. The predicted octanol–water partition coefficient (Wildman–Crippen LogP) is 23.3. The largest absolute Gasteiger partial charge is 0.462 e. The Morgan fingerprint density at radius 2 is 0.481 bits per heavy atom. The summed E-state index contributed by atoms with van der Waals surface area (Å²) in [6, 6.07) is 0. The Balaban J connectivity index is 4.38. The highest BCUT2D eigenvalue weighted by atomic mass is 16.6. The van der Waals surface area contributed by atoms with E-state index in [4.69, 9.17) is 14.2 Å². The molecule has 0 aromatic rings. The Kier molecular flexibility index (Phi) is 64.3. The molecule has 0 aliphatic rings. The number of rotatable bonds is 60. The second-order valence-corrected chi connectivity index (χ2v) is 22.0. The number of allylic oxidation sites excluding steroid dienone is 22. The van der Waals surface area contributed by atoms with E-state index in [0.717, 1.165) is 135 Å². The smallest absolute Gasteiger partial charge is 0.306 e. The average molecular weight is 1120 g/mol. The third kappa shape index (κ3) is 66.2. The van der Waals surface area contributed by atoms with E-state index in [-0.39, 0.29) is 37.5 Å². The van der Waals surface area contributed by atoms with Gasteiger partial charge in [0.2, 0.25) is 0 Å². The molecular formula is C75H124O6. The van der Waals surface area contributed by atoms with E-state index >= 15 is 0 Å². The molecule has 0 spiro atoms. The minimum Gasteiger partial charge on any atom is -0.462 e. The Bertz CT molecular complexity index is 1720. The summed E-state index contributed by atoms with van der Waals surface area (Å²) in [6.07, 6.45) is 96.0. The highest BCUT2D eigenvalue weighted by Gasteiger charge is 2.19. The lowest BCUT2D eigenvalue weighted by molar-refractivity contribution is -0.167. The molecule has 1 unspecified atom stereocenters. The molecule has 0 aliphatic carbocycles. The van der Waals surface area contributed by atoms with Crippen LogP contribution in [-0.2, 0) is 28.6 Å². The van der Waals surface area contributed by atoms with Gasteiger partial charge >= 0.3 is 17.9 Å². The van der Waals surface area contributed by atoms with Crippen LogP contribution in [0.1, 0.15) is 303 Å². The molecule has 0 radical (unpaired) electrons. The zero-order chi connectivity index (χ0) is 58.5. The Morgan fingerprint density at radius 3 is 0.765 bits per heavy atom. The molecule has 6 nitrogen and oxygen atoms in total. The van der Waals surface area contributed by atoms with Crippen LogP contribution in [0, 0.1) is 0 Å². The van der Waals surface area contributed by atoms with Crippen LogP contribution in [0.15, 0.2) is 134 Å². The summed E-state index contributed by atoms with van der Waals surface area (Å²) in [5.74, 6) is -0.923. The van der Waals surface area contributed by atoms with Gasteiger partial charge in [-0.05, 0) is 116 Å². The number of carbonyl (C=O) groups is 3. The van der Waals surface area contributed by atoms with Gasteiger partial charge in [0.25, 0.3) is 0 Å². The molecule has 0 fully saturated rings. The minimum atomic E-state index is -0.801. The Labute approximate surface area is 500 Å². The highest BCUT2D eigenvalue weighted by molar-refractivity contribution is 5.71. The van der Waals surface area contributed by atoms with Crippen LogP contribution in [0.5, 0.6) is 0 Å². The first-order valence-electron chi connectivity index (χ1n) is 33.7. The number of esters is 3. The number of carbonyl (C=O) groups excluding carboxylic acids is 3. The lowest BCUT2D eigenvalue weighted by atomic mass is 10.0. The first-order chi connectivity index (χ1) is 40.0. The van der Waals surface area contributed by atoms with E-state index in [1.165, 1.54) is 128 Å². The molecule has 81 heavy (non-hydrogen) atoms. The van der Waals surface area contributed by atoms with E-state index in [9.17, 15) is 14.4 Å².